The first-order valence-electron chi connectivity index (χ1n) is 10.3. The number of nitrogens with zero attached hydrogens (tertiary/aromatic N) is 2. The van der Waals surface area contributed by atoms with E-state index in [1.807, 2.05) is 26.8 Å². The highest BCUT2D eigenvalue weighted by atomic mass is 28.4. The number of pyridine rings is 1. The molecule has 29 heavy (non-hydrogen) atoms. The molecule has 1 aromatic heterocycles. The molecule has 2 atom stereocenters. The van der Waals surface area contributed by atoms with Crippen LogP contribution in [-0.4, -0.2) is 50.2 Å². The minimum Gasteiger partial charge on any atom is -0.444 e. The van der Waals surface area contributed by atoms with Gasteiger partial charge in [-0.1, -0.05) is 20.8 Å². The lowest BCUT2D eigenvalue weighted by Gasteiger charge is -2.45. The molecule has 0 saturated carbocycles. The molecule has 0 aromatic carbocycles. The molecule has 7 nitrogen and oxygen atoms in total. The number of nitrogens with two attached hydrogens (primary N) is 1. The maximum absolute atomic E-state index is 12.4. The van der Waals surface area contributed by atoms with Crippen LogP contribution >= 0.6 is 0 Å². The molecule has 1 aromatic rings. The largest absolute Gasteiger partial charge is 0.444 e. The lowest BCUT2D eigenvalue weighted by Crippen LogP contribution is -2.57. The highest BCUT2D eigenvalue weighted by Gasteiger charge is 2.41. The second-order valence-electron chi connectivity index (χ2n) is 10.4. The lowest BCUT2D eigenvalue weighted by atomic mass is 10.0. The monoisotopic (exact) mass is 422 g/mol. The fourth-order valence-electron chi connectivity index (χ4n) is 3.19. The van der Waals surface area contributed by atoms with Crippen LogP contribution in [0.1, 0.15) is 48.0 Å². The number of hydrogen-bond donors (Lipinski definition) is 2. The van der Waals surface area contributed by atoms with Gasteiger partial charge in [0.05, 0.1) is 29.7 Å². The molecule has 0 unspecified atom stereocenters. The van der Waals surface area contributed by atoms with Crippen LogP contribution in [0.15, 0.2) is 18.5 Å². The van der Waals surface area contributed by atoms with Gasteiger partial charge >= 0.3 is 6.09 Å². The Labute approximate surface area is 176 Å². The summed E-state index contributed by atoms with van der Waals surface area (Å²) in [7, 11) is -1.96. The minimum atomic E-state index is -1.96. The van der Waals surface area contributed by atoms with E-state index in [1.165, 1.54) is 0 Å². The summed E-state index contributed by atoms with van der Waals surface area (Å²) in [5, 5.41) is 3.14. The number of carbonyl (C=O) groups excluding carboxylic acids is 1. The van der Waals surface area contributed by atoms with Crippen molar-refractivity contribution < 1.29 is 14.0 Å². The van der Waals surface area contributed by atoms with Gasteiger partial charge in [0.1, 0.15) is 5.60 Å². The number of nitrogens with one attached hydrogen (secondary N) is 1. The topological polar surface area (TPSA) is 89.7 Å². The molecular formula is C21H38N4O3Si. The van der Waals surface area contributed by atoms with Gasteiger partial charge < -0.3 is 25.1 Å². The third kappa shape index (κ3) is 6.60. The third-order valence-corrected chi connectivity index (χ3v) is 10.1. The maximum Gasteiger partial charge on any atom is 0.407 e. The molecule has 0 bridgehead atoms. The summed E-state index contributed by atoms with van der Waals surface area (Å²) in [6, 6.07) is 1.81. The van der Waals surface area contributed by atoms with Gasteiger partial charge in [0.25, 0.3) is 0 Å². The van der Waals surface area contributed by atoms with Gasteiger partial charge in [0.2, 0.25) is 0 Å². The average Bonchev–Trinajstić information content (AvgIpc) is 2.51. The van der Waals surface area contributed by atoms with Crippen LogP contribution < -0.4 is 16.0 Å². The van der Waals surface area contributed by atoms with E-state index in [1.54, 1.807) is 12.4 Å². The predicted octanol–water partition coefficient (Wildman–Crippen LogP) is 4.16. The van der Waals surface area contributed by atoms with Crippen molar-refractivity contribution in [3.63, 3.8) is 0 Å². The summed E-state index contributed by atoms with van der Waals surface area (Å²) in [6.07, 6.45) is 3.73. The molecule has 8 heteroatoms. The van der Waals surface area contributed by atoms with E-state index in [4.69, 9.17) is 14.9 Å². The van der Waals surface area contributed by atoms with Gasteiger partial charge in [-0.15, -0.1) is 0 Å². The van der Waals surface area contributed by atoms with Crippen molar-refractivity contribution in [1.82, 2.24) is 10.3 Å². The van der Waals surface area contributed by atoms with E-state index in [2.05, 4.69) is 49.1 Å². The molecule has 1 amide bonds. The van der Waals surface area contributed by atoms with Crippen LogP contribution in [0.4, 0.5) is 16.2 Å². The van der Waals surface area contributed by atoms with Crippen LogP contribution in [0.5, 0.6) is 0 Å². The first-order valence-corrected chi connectivity index (χ1v) is 13.2. The normalized spacial score (nSPS) is 21.0. The van der Waals surface area contributed by atoms with E-state index in [0.717, 1.165) is 18.7 Å². The van der Waals surface area contributed by atoms with Gasteiger partial charge in [-0.3, -0.25) is 4.98 Å². The fourth-order valence-corrected chi connectivity index (χ4v) is 4.55. The van der Waals surface area contributed by atoms with E-state index in [0.29, 0.717) is 12.2 Å². The Kier molecular flexibility index (Phi) is 6.89. The number of nitrogen functional groups attached to an aromatic ring is 1. The Bertz CT molecular complexity index is 713. The highest BCUT2D eigenvalue weighted by molar-refractivity contribution is 6.74. The number of ether oxygens (including phenoxy) is 1. The molecule has 1 fully saturated rings. The quantitative estimate of drug-likeness (QED) is 0.708. The standard InChI is InChI=1S/C21H38N4O3Si/c1-20(2,3)27-19(26)24-15-11-16(28-29(7,8)21(4,5)6)14-25(13-15)18-9-10-23-12-17(18)22/h9-10,12,15-16H,11,13-14,22H2,1-8H3,(H,24,26)/t15-,16+/m0/s1. The van der Waals surface area contributed by atoms with Crippen molar-refractivity contribution >= 4 is 25.8 Å². The van der Waals surface area contributed by atoms with Crippen LogP contribution in [0, 0.1) is 0 Å². The van der Waals surface area contributed by atoms with Gasteiger partial charge in [-0.25, -0.2) is 4.79 Å². The third-order valence-electron chi connectivity index (χ3n) is 5.57. The summed E-state index contributed by atoms with van der Waals surface area (Å²) in [5.74, 6) is 0. The molecule has 164 valence electrons. The van der Waals surface area contributed by atoms with E-state index in [9.17, 15) is 4.79 Å². The molecule has 0 radical (unpaired) electrons. The SMILES string of the molecule is CC(C)(C)OC(=O)N[C@H]1C[C@@H](O[Si](C)(C)C(C)(C)C)CN(c2ccncc2N)C1. The molecular weight excluding hydrogens is 384 g/mol. The predicted molar refractivity (Wildman–Crippen MR) is 121 cm³/mol. The first kappa shape index (κ1) is 23.5. The number of piperidine rings is 1. The van der Waals surface area contributed by atoms with Crippen molar-refractivity contribution in [2.75, 3.05) is 23.7 Å². The number of anilines is 2. The van der Waals surface area contributed by atoms with Gasteiger partial charge in [-0.2, -0.15) is 0 Å². The number of hydrogen-bond acceptors (Lipinski definition) is 6. The zero-order valence-electron chi connectivity index (χ0n) is 19.2. The molecule has 2 rings (SSSR count). The summed E-state index contributed by atoms with van der Waals surface area (Å²) in [6.45, 7) is 18.2. The number of aromatic nitrogens is 1. The average molecular weight is 423 g/mol. The zero-order chi connectivity index (χ0) is 22.0. The Morgan fingerprint density at radius 3 is 2.45 bits per heavy atom. The van der Waals surface area contributed by atoms with Crippen molar-refractivity contribution in [3.05, 3.63) is 18.5 Å². The number of rotatable bonds is 4. The van der Waals surface area contributed by atoms with E-state index >= 15 is 0 Å². The molecule has 0 aliphatic carbocycles. The van der Waals surface area contributed by atoms with Crippen molar-refractivity contribution in [2.45, 2.75) is 83.8 Å². The van der Waals surface area contributed by atoms with E-state index < -0.39 is 20.0 Å². The number of alkyl carbamates (subject to hydrolysis) is 1. The van der Waals surface area contributed by atoms with Crippen molar-refractivity contribution in [2.24, 2.45) is 0 Å². The minimum absolute atomic E-state index is 0.00264. The Morgan fingerprint density at radius 2 is 1.90 bits per heavy atom. The van der Waals surface area contributed by atoms with Crippen LogP contribution in [0.2, 0.25) is 18.1 Å². The molecule has 2 heterocycles. The smallest absolute Gasteiger partial charge is 0.407 e. The van der Waals surface area contributed by atoms with Gasteiger partial charge in [0.15, 0.2) is 8.32 Å². The van der Waals surface area contributed by atoms with Gasteiger partial charge in [0, 0.05) is 19.3 Å². The Balaban J connectivity index is 2.21. The zero-order valence-corrected chi connectivity index (χ0v) is 20.2. The number of carbonyl (C=O) groups is 1. The summed E-state index contributed by atoms with van der Waals surface area (Å²) < 4.78 is 12.2. The first-order chi connectivity index (χ1) is 13.2. The summed E-state index contributed by atoms with van der Waals surface area (Å²) in [5.41, 5.74) is 7.18. The lowest BCUT2D eigenvalue weighted by molar-refractivity contribution is 0.0477. The van der Waals surface area contributed by atoms with Crippen LogP contribution in [0.25, 0.3) is 0 Å². The Morgan fingerprint density at radius 1 is 1.24 bits per heavy atom. The maximum atomic E-state index is 12.4. The summed E-state index contributed by atoms with van der Waals surface area (Å²) >= 11 is 0. The molecule has 1 aliphatic rings. The van der Waals surface area contributed by atoms with Gasteiger partial charge in [-0.05, 0) is 51.4 Å². The Hall–Kier alpha value is -1.80. The van der Waals surface area contributed by atoms with Crippen LogP contribution in [0.3, 0.4) is 0 Å². The fraction of sp³-hybridized carbons (Fsp3) is 0.714. The van der Waals surface area contributed by atoms with Crippen LogP contribution in [-0.2, 0) is 9.16 Å². The van der Waals surface area contributed by atoms with Crippen molar-refractivity contribution in [1.29, 1.82) is 0 Å². The number of amides is 1. The molecule has 1 saturated heterocycles. The van der Waals surface area contributed by atoms with Crippen molar-refractivity contribution in [3.8, 4) is 0 Å². The second-order valence-corrected chi connectivity index (χ2v) is 15.2. The molecule has 0 spiro atoms. The highest BCUT2D eigenvalue weighted by Crippen LogP contribution is 2.38. The van der Waals surface area contributed by atoms with E-state index in [-0.39, 0.29) is 17.2 Å². The second kappa shape index (κ2) is 8.51. The molecule has 3 N–H and O–H groups in total. The molecule has 1 aliphatic heterocycles. The summed E-state index contributed by atoms with van der Waals surface area (Å²) in [4.78, 5) is 18.6.